The maximum atomic E-state index is 11.9. The Morgan fingerprint density at radius 1 is 1.39 bits per heavy atom. The number of rotatable bonds is 7. The lowest BCUT2D eigenvalue weighted by Gasteiger charge is -2.32. The molecule has 1 aliphatic carbocycles. The maximum Gasteiger partial charge on any atom is 0.407 e. The van der Waals surface area contributed by atoms with E-state index >= 15 is 0 Å². The summed E-state index contributed by atoms with van der Waals surface area (Å²) in [7, 11) is 0. The van der Waals surface area contributed by atoms with E-state index in [1.54, 1.807) is 11.3 Å². The van der Waals surface area contributed by atoms with Gasteiger partial charge in [-0.2, -0.15) is 0 Å². The molecule has 0 aromatic carbocycles. The average Bonchev–Trinajstić information content (AvgIpc) is 3.21. The van der Waals surface area contributed by atoms with E-state index < -0.39 is 5.60 Å². The van der Waals surface area contributed by atoms with Crippen LogP contribution in [0.25, 0.3) is 0 Å². The Labute approximate surface area is 143 Å². The van der Waals surface area contributed by atoms with Crippen molar-refractivity contribution in [1.82, 2.24) is 15.6 Å². The first-order chi connectivity index (χ1) is 10.7. The first-order valence-electron chi connectivity index (χ1n) is 8.37. The summed E-state index contributed by atoms with van der Waals surface area (Å²) in [6.45, 7) is 11.3. The first kappa shape index (κ1) is 18.2. The van der Waals surface area contributed by atoms with Crippen molar-refractivity contribution in [3.05, 3.63) is 16.1 Å². The van der Waals surface area contributed by atoms with Gasteiger partial charge in [-0.3, -0.25) is 0 Å². The molecule has 0 saturated heterocycles. The van der Waals surface area contributed by atoms with E-state index in [9.17, 15) is 4.79 Å². The van der Waals surface area contributed by atoms with Gasteiger partial charge in [0, 0.05) is 29.7 Å². The zero-order valence-corrected chi connectivity index (χ0v) is 15.7. The monoisotopic (exact) mass is 339 g/mol. The number of alkyl carbamates (subject to hydrolysis) is 1. The number of hydrogen-bond donors (Lipinski definition) is 2. The van der Waals surface area contributed by atoms with Crippen molar-refractivity contribution in [1.29, 1.82) is 0 Å². The zero-order chi connectivity index (χ0) is 17.1. The predicted molar refractivity (Wildman–Crippen MR) is 93.7 cm³/mol. The summed E-state index contributed by atoms with van der Waals surface area (Å²) in [4.78, 5) is 17.5. The second kappa shape index (κ2) is 7.18. The molecule has 1 fully saturated rings. The molecular weight excluding hydrogens is 310 g/mol. The minimum Gasteiger partial charge on any atom is -0.444 e. The summed E-state index contributed by atoms with van der Waals surface area (Å²) >= 11 is 1.75. The van der Waals surface area contributed by atoms with Gasteiger partial charge < -0.3 is 15.4 Å². The Bertz CT molecular complexity index is 534. The number of aryl methyl sites for hydroxylation is 1. The molecule has 1 amide bonds. The average molecular weight is 340 g/mol. The number of amides is 1. The number of carbonyl (C=O) groups excluding carboxylic acids is 1. The van der Waals surface area contributed by atoms with Crippen LogP contribution in [0.1, 0.15) is 57.3 Å². The normalized spacial score (nSPS) is 17.6. The Morgan fingerprint density at radius 2 is 2.09 bits per heavy atom. The van der Waals surface area contributed by atoms with Gasteiger partial charge in [0.25, 0.3) is 0 Å². The van der Waals surface area contributed by atoms with Gasteiger partial charge in [0.15, 0.2) is 0 Å². The number of nitrogens with one attached hydrogen (secondary N) is 2. The van der Waals surface area contributed by atoms with Gasteiger partial charge in [-0.05, 0) is 52.9 Å². The van der Waals surface area contributed by atoms with Crippen LogP contribution in [0.5, 0.6) is 0 Å². The fourth-order valence-electron chi connectivity index (χ4n) is 2.52. The summed E-state index contributed by atoms with van der Waals surface area (Å²) in [6.07, 6.45) is 5.00. The number of thiazole rings is 1. The molecule has 1 atom stereocenters. The molecule has 1 aromatic rings. The van der Waals surface area contributed by atoms with Crippen molar-refractivity contribution in [2.75, 3.05) is 6.54 Å². The minimum absolute atomic E-state index is 0.104. The second-order valence-electron chi connectivity index (χ2n) is 7.47. The van der Waals surface area contributed by atoms with Crippen LogP contribution in [-0.4, -0.2) is 28.8 Å². The molecule has 0 aliphatic heterocycles. The van der Waals surface area contributed by atoms with Crippen molar-refractivity contribution in [3.63, 3.8) is 0 Å². The molecule has 1 unspecified atom stereocenters. The van der Waals surface area contributed by atoms with Crippen molar-refractivity contribution in [2.45, 2.75) is 71.6 Å². The fraction of sp³-hybridized carbons (Fsp3) is 0.765. The van der Waals surface area contributed by atoms with E-state index in [-0.39, 0.29) is 11.6 Å². The lowest BCUT2D eigenvalue weighted by Crippen LogP contribution is -2.53. The summed E-state index contributed by atoms with van der Waals surface area (Å²) < 4.78 is 5.33. The van der Waals surface area contributed by atoms with Gasteiger partial charge in [-0.25, -0.2) is 9.78 Å². The number of nitrogens with zero attached hydrogens (tertiary/aromatic N) is 1. The topological polar surface area (TPSA) is 63.2 Å². The highest BCUT2D eigenvalue weighted by atomic mass is 32.1. The molecule has 0 bridgehead atoms. The molecule has 2 rings (SSSR count). The first-order valence-corrected chi connectivity index (χ1v) is 9.19. The van der Waals surface area contributed by atoms with Gasteiger partial charge in [-0.15, -0.1) is 11.3 Å². The molecule has 0 radical (unpaired) electrons. The van der Waals surface area contributed by atoms with Crippen LogP contribution in [0.4, 0.5) is 4.79 Å². The molecule has 1 aliphatic rings. The van der Waals surface area contributed by atoms with Crippen molar-refractivity contribution >= 4 is 17.4 Å². The Morgan fingerprint density at radius 3 is 2.61 bits per heavy atom. The SMILES string of the molecule is CCc1ncc(CNC(C)(CNC(=O)OC(C)(C)C)C2CC2)s1. The maximum absolute atomic E-state index is 11.9. The van der Waals surface area contributed by atoms with E-state index in [1.807, 2.05) is 27.0 Å². The van der Waals surface area contributed by atoms with Crippen LogP contribution in [0, 0.1) is 5.92 Å². The molecule has 2 N–H and O–H groups in total. The third-order valence-corrected chi connectivity index (χ3v) is 5.19. The second-order valence-corrected chi connectivity index (χ2v) is 8.67. The van der Waals surface area contributed by atoms with Crippen LogP contribution >= 0.6 is 11.3 Å². The quantitative estimate of drug-likeness (QED) is 0.798. The fourth-order valence-corrected chi connectivity index (χ4v) is 3.33. The Balaban J connectivity index is 1.87. The highest BCUT2D eigenvalue weighted by Gasteiger charge is 2.41. The molecule has 130 valence electrons. The molecule has 0 spiro atoms. The van der Waals surface area contributed by atoms with Gasteiger partial charge >= 0.3 is 6.09 Å². The van der Waals surface area contributed by atoms with Crippen molar-refractivity contribution < 1.29 is 9.53 Å². The lowest BCUT2D eigenvalue weighted by atomic mass is 9.95. The van der Waals surface area contributed by atoms with Crippen LogP contribution in [0.2, 0.25) is 0 Å². The standard InChI is InChI=1S/C17H29N3O2S/c1-6-14-18-9-13(23-14)10-20-17(5,12-7-8-12)11-19-15(21)22-16(2,3)4/h9,12,20H,6-8,10-11H2,1-5H3,(H,19,21). The van der Waals surface area contributed by atoms with Gasteiger partial charge in [0.2, 0.25) is 0 Å². The number of carbonyl (C=O) groups is 1. The smallest absolute Gasteiger partial charge is 0.407 e. The van der Waals surface area contributed by atoms with Crippen molar-refractivity contribution in [3.8, 4) is 0 Å². The molecule has 6 heteroatoms. The van der Waals surface area contributed by atoms with E-state index in [1.165, 1.54) is 22.7 Å². The molecule has 23 heavy (non-hydrogen) atoms. The highest BCUT2D eigenvalue weighted by Crippen LogP contribution is 2.39. The van der Waals surface area contributed by atoms with E-state index in [2.05, 4.69) is 29.5 Å². The Hall–Kier alpha value is -1.14. The van der Waals surface area contributed by atoms with Gasteiger partial charge in [0.1, 0.15) is 5.60 Å². The summed E-state index contributed by atoms with van der Waals surface area (Å²) in [5.41, 5.74) is -0.569. The molecule has 1 aromatic heterocycles. The van der Waals surface area contributed by atoms with E-state index in [0.29, 0.717) is 12.5 Å². The lowest BCUT2D eigenvalue weighted by molar-refractivity contribution is 0.0507. The highest BCUT2D eigenvalue weighted by molar-refractivity contribution is 7.11. The van der Waals surface area contributed by atoms with E-state index in [0.717, 1.165) is 13.0 Å². The van der Waals surface area contributed by atoms with Crippen LogP contribution in [0.3, 0.4) is 0 Å². The van der Waals surface area contributed by atoms with Crippen LogP contribution in [-0.2, 0) is 17.7 Å². The summed E-state index contributed by atoms with van der Waals surface area (Å²) in [6, 6.07) is 0. The molecular formula is C17H29N3O2S. The van der Waals surface area contributed by atoms with Gasteiger partial charge in [0.05, 0.1) is 5.01 Å². The molecule has 1 saturated carbocycles. The predicted octanol–water partition coefficient (Wildman–Crippen LogP) is 3.49. The van der Waals surface area contributed by atoms with Crippen LogP contribution in [0.15, 0.2) is 6.20 Å². The third-order valence-electron chi connectivity index (χ3n) is 4.05. The molecule has 1 heterocycles. The van der Waals surface area contributed by atoms with Crippen molar-refractivity contribution in [2.24, 2.45) is 5.92 Å². The minimum atomic E-state index is -0.466. The van der Waals surface area contributed by atoms with E-state index in [4.69, 9.17) is 4.74 Å². The number of aromatic nitrogens is 1. The summed E-state index contributed by atoms with van der Waals surface area (Å²) in [5.74, 6) is 0.607. The number of hydrogen-bond acceptors (Lipinski definition) is 5. The van der Waals surface area contributed by atoms with Gasteiger partial charge in [-0.1, -0.05) is 6.92 Å². The Kier molecular flexibility index (Phi) is 5.68. The molecule has 5 nitrogen and oxygen atoms in total. The zero-order valence-electron chi connectivity index (χ0n) is 14.9. The van der Waals surface area contributed by atoms with Crippen LogP contribution < -0.4 is 10.6 Å². The summed E-state index contributed by atoms with van der Waals surface area (Å²) in [5, 5.41) is 7.72. The largest absolute Gasteiger partial charge is 0.444 e. The third kappa shape index (κ3) is 5.77. The number of ether oxygens (including phenoxy) is 1.